The fourth-order valence-corrected chi connectivity index (χ4v) is 0.890. The van der Waals surface area contributed by atoms with Gasteiger partial charge in [0.1, 0.15) is 0 Å². The molecule has 0 saturated carbocycles. The molecule has 94 valence electrons. The number of halogens is 3. The lowest BCUT2D eigenvalue weighted by Crippen LogP contribution is -2.47. The summed E-state index contributed by atoms with van der Waals surface area (Å²) in [7, 11) is 0. The van der Waals surface area contributed by atoms with Crippen molar-refractivity contribution in [3.8, 4) is 0 Å². The molecule has 0 heterocycles. The largest absolute Gasteiger partial charge is 0.480 e. The van der Waals surface area contributed by atoms with Crippen LogP contribution in [0.2, 0.25) is 0 Å². The van der Waals surface area contributed by atoms with Gasteiger partial charge in [0.15, 0.2) is 6.04 Å². The van der Waals surface area contributed by atoms with Crippen molar-refractivity contribution in [3.05, 3.63) is 0 Å². The number of nitrogens with one attached hydrogen (secondary N) is 1. The van der Waals surface area contributed by atoms with Gasteiger partial charge < -0.3 is 15.5 Å². The maximum atomic E-state index is 11.7. The molecule has 8 heteroatoms. The third-order valence-electron chi connectivity index (χ3n) is 1.70. The third-order valence-corrected chi connectivity index (χ3v) is 1.70. The molecular weight excluding hydrogens is 231 g/mol. The molecule has 0 radical (unpaired) electrons. The van der Waals surface area contributed by atoms with Gasteiger partial charge in [0.25, 0.3) is 0 Å². The summed E-state index contributed by atoms with van der Waals surface area (Å²) < 4.78 is 35.2. The van der Waals surface area contributed by atoms with Gasteiger partial charge in [-0.25, -0.2) is 4.79 Å². The van der Waals surface area contributed by atoms with E-state index in [4.69, 9.17) is 10.2 Å². The van der Waals surface area contributed by atoms with Crippen LogP contribution in [0.4, 0.5) is 13.2 Å². The molecule has 0 aliphatic rings. The molecule has 0 unspecified atom stereocenters. The van der Waals surface area contributed by atoms with Crippen LogP contribution in [-0.4, -0.2) is 40.4 Å². The number of carboxylic acid groups (broad SMARTS) is 1. The van der Waals surface area contributed by atoms with Crippen molar-refractivity contribution in [3.63, 3.8) is 0 Å². The summed E-state index contributed by atoms with van der Waals surface area (Å²) >= 11 is 0. The fraction of sp³-hybridized carbons (Fsp3) is 0.750. The van der Waals surface area contributed by atoms with E-state index >= 15 is 0 Å². The molecule has 0 spiro atoms. The van der Waals surface area contributed by atoms with Gasteiger partial charge in [0.05, 0.1) is 12.5 Å². The van der Waals surface area contributed by atoms with E-state index in [1.807, 2.05) is 0 Å². The average Bonchev–Trinajstić information content (AvgIpc) is 2.08. The molecule has 0 aliphatic heterocycles. The highest BCUT2D eigenvalue weighted by Gasteiger charge is 2.30. The highest BCUT2D eigenvalue weighted by Crippen LogP contribution is 2.21. The van der Waals surface area contributed by atoms with E-state index in [0.29, 0.717) is 0 Å². The number of carbonyl (C=O) groups is 2. The zero-order valence-corrected chi connectivity index (χ0v) is 8.41. The molecule has 0 aromatic rings. The van der Waals surface area contributed by atoms with Crippen molar-refractivity contribution >= 4 is 11.9 Å². The Kier molecular flexibility index (Phi) is 5.22. The minimum absolute atomic E-state index is 0.861. The summed E-state index contributed by atoms with van der Waals surface area (Å²) in [6.07, 6.45) is -8.04. The van der Waals surface area contributed by atoms with Gasteiger partial charge in [-0.3, -0.25) is 4.79 Å². The van der Waals surface area contributed by atoms with Crippen LogP contribution in [0.25, 0.3) is 0 Å². The van der Waals surface area contributed by atoms with Gasteiger partial charge in [-0.15, -0.1) is 0 Å². The lowest BCUT2D eigenvalue weighted by atomic mass is 10.1. The number of amides is 1. The highest BCUT2D eigenvalue weighted by atomic mass is 19.4. The molecule has 5 nitrogen and oxygen atoms in total. The molecule has 0 bridgehead atoms. The molecular formula is C8H12F3NO4. The van der Waals surface area contributed by atoms with E-state index < -0.39 is 43.0 Å². The second-order valence-corrected chi connectivity index (χ2v) is 3.24. The maximum absolute atomic E-state index is 11.7. The summed E-state index contributed by atoms with van der Waals surface area (Å²) in [6.45, 7) is 1.11. The van der Waals surface area contributed by atoms with Crippen LogP contribution < -0.4 is 5.32 Å². The summed E-state index contributed by atoms with van der Waals surface area (Å²) in [5.74, 6) is -2.57. The Morgan fingerprint density at radius 1 is 1.38 bits per heavy atom. The van der Waals surface area contributed by atoms with Crippen LogP contribution in [0.3, 0.4) is 0 Å². The number of rotatable bonds is 5. The Bertz CT molecular complexity index is 264. The predicted octanol–water partition coefficient (Wildman–Crippen LogP) is 0.279. The SMILES string of the molecule is C[C@@H](O)[C@H](NC(=O)CCC(F)(F)F)C(=O)O. The number of alkyl halides is 3. The fourth-order valence-electron chi connectivity index (χ4n) is 0.890. The Morgan fingerprint density at radius 2 is 1.88 bits per heavy atom. The summed E-state index contributed by atoms with van der Waals surface area (Å²) in [4.78, 5) is 21.4. The van der Waals surface area contributed by atoms with E-state index in [-0.39, 0.29) is 0 Å². The van der Waals surface area contributed by atoms with Crippen LogP contribution in [0.5, 0.6) is 0 Å². The molecule has 0 aromatic carbocycles. The lowest BCUT2D eigenvalue weighted by Gasteiger charge is -2.17. The van der Waals surface area contributed by atoms with Crippen molar-refractivity contribution in [2.45, 2.75) is 38.1 Å². The van der Waals surface area contributed by atoms with Crippen LogP contribution >= 0.6 is 0 Å². The highest BCUT2D eigenvalue weighted by molar-refractivity contribution is 5.83. The van der Waals surface area contributed by atoms with Gasteiger partial charge in [0.2, 0.25) is 5.91 Å². The second-order valence-electron chi connectivity index (χ2n) is 3.24. The van der Waals surface area contributed by atoms with Crippen molar-refractivity contribution in [2.24, 2.45) is 0 Å². The Labute approximate surface area is 89.3 Å². The van der Waals surface area contributed by atoms with E-state index in [0.717, 1.165) is 6.92 Å². The number of hydrogen-bond donors (Lipinski definition) is 3. The van der Waals surface area contributed by atoms with Crippen LogP contribution in [0.15, 0.2) is 0 Å². The Balaban J connectivity index is 4.17. The summed E-state index contributed by atoms with van der Waals surface area (Å²) in [6, 6.07) is -1.60. The van der Waals surface area contributed by atoms with Gasteiger partial charge in [0, 0.05) is 6.42 Å². The monoisotopic (exact) mass is 243 g/mol. The van der Waals surface area contributed by atoms with Gasteiger partial charge >= 0.3 is 12.1 Å². The average molecular weight is 243 g/mol. The first kappa shape index (κ1) is 14.7. The van der Waals surface area contributed by atoms with E-state index in [1.165, 1.54) is 0 Å². The molecule has 0 aromatic heterocycles. The Hall–Kier alpha value is -1.31. The van der Waals surface area contributed by atoms with Crippen molar-refractivity contribution < 1.29 is 33.0 Å². The van der Waals surface area contributed by atoms with Crippen molar-refractivity contribution in [1.82, 2.24) is 5.32 Å². The molecule has 0 fully saturated rings. The molecule has 3 N–H and O–H groups in total. The van der Waals surface area contributed by atoms with Gasteiger partial charge in [-0.05, 0) is 6.92 Å². The Morgan fingerprint density at radius 3 is 2.19 bits per heavy atom. The number of hydrogen-bond acceptors (Lipinski definition) is 3. The number of aliphatic hydroxyl groups excluding tert-OH is 1. The van der Waals surface area contributed by atoms with Crippen molar-refractivity contribution in [1.29, 1.82) is 0 Å². The molecule has 0 rings (SSSR count). The standard InChI is InChI=1S/C8H12F3NO4/c1-4(13)6(7(15)16)12-5(14)2-3-8(9,10)11/h4,6,13H,2-3H2,1H3,(H,12,14)(H,15,16)/t4-,6+/m1/s1. The van der Waals surface area contributed by atoms with E-state index in [1.54, 1.807) is 5.32 Å². The second kappa shape index (κ2) is 5.69. The zero-order chi connectivity index (χ0) is 12.9. The van der Waals surface area contributed by atoms with Gasteiger partial charge in [-0.1, -0.05) is 0 Å². The molecule has 0 aliphatic carbocycles. The van der Waals surface area contributed by atoms with Crippen LogP contribution in [-0.2, 0) is 9.59 Å². The third kappa shape index (κ3) is 6.23. The minimum atomic E-state index is -4.47. The smallest absolute Gasteiger partial charge is 0.389 e. The maximum Gasteiger partial charge on any atom is 0.389 e. The first-order valence-corrected chi connectivity index (χ1v) is 4.40. The van der Waals surface area contributed by atoms with E-state index in [2.05, 4.69) is 0 Å². The summed E-state index contributed by atoms with van der Waals surface area (Å²) in [5, 5.41) is 19.3. The number of carbonyl (C=O) groups excluding carboxylic acids is 1. The van der Waals surface area contributed by atoms with E-state index in [9.17, 15) is 22.8 Å². The summed E-state index contributed by atoms with van der Waals surface area (Å²) in [5.41, 5.74) is 0. The number of carboxylic acids is 1. The number of aliphatic hydroxyl groups is 1. The minimum Gasteiger partial charge on any atom is -0.480 e. The topological polar surface area (TPSA) is 86.6 Å². The van der Waals surface area contributed by atoms with Crippen LogP contribution in [0, 0.1) is 0 Å². The first-order chi connectivity index (χ1) is 7.13. The van der Waals surface area contributed by atoms with Crippen molar-refractivity contribution in [2.75, 3.05) is 0 Å². The lowest BCUT2D eigenvalue weighted by molar-refractivity contribution is -0.148. The molecule has 0 saturated heterocycles. The number of aliphatic carboxylic acids is 1. The quantitative estimate of drug-likeness (QED) is 0.647. The van der Waals surface area contributed by atoms with Gasteiger partial charge in [-0.2, -0.15) is 13.2 Å². The van der Waals surface area contributed by atoms with Crippen LogP contribution in [0.1, 0.15) is 19.8 Å². The normalized spacial score (nSPS) is 15.3. The zero-order valence-electron chi connectivity index (χ0n) is 8.41. The molecule has 2 atom stereocenters. The molecule has 1 amide bonds. The predicted molar refractivity (Wildman–Crippen MR) is 46.5 cm³/mol. The first-order valence-electron chi connectivity index (χ1n) is 4.40. The molecule has 16 heavy (non-hydrogen) atoms.